The average molecular weight is 521 g/mol. The van der Waals surface area contributed by atoms with Gasteiger partial charge >= 0.3 is 0 Å². The molecule has 164 valence electrons. The molecule has 1 aromatic rings. The molecule has 0 unspecified atom stereocenters. The maximum absolute atomic E-state index is 13.5. The molecule has 1 heterocycles. The lowest BCUT2D eigenvalue weighted by atomic mass is 10.1. The fourth-order valence-corrected chi connectivity index (χ4v) is 3.13. The van der Waals surface area contributed by atoms with Crippen molar-refractivity contribution < 1.29 is 14.3 Å². The third-order valence-electron chi connectivity index (χ3n) is 4.52. The van der Waals surface area contributed by atoms with E-state index in [1.165, 1.54) is 6.07 Å². The van der Waals surface area contributed by atoms with Gasteiger partial charge in [-0.3, -0.25) is 9.69 Å². The molecule has 1 saturated heterocycles. The smallest absolute Gasteiger partial charge is 0.234 e. The van der Waals surface area contributed by atoms with Crippen molar-refractivity contribution in [2.75, 3.05) is 39.3 Å². The van der Waals surface area contributed by atoms with Gasteiger partial charge < -0.3 is 20.6 Å². The molecule has 0 atom stereocenters. The number of halogens is 2. The summed E-state index contributed by atoms with van der Waals surface area (Å²) in [6.07, 6.45) is 0. The second kappa shape index (κ2) is 13.0. The molecule has 7 nitrogen and oxygen atoms in total. The van der Waals surface area contributed by atoms with E-state index in [-0.39, 0.29) is 48.1 Å². The van der Waals surface area contributed by atoms with Crippen LogP contribution in [-0.2, 0) is 17.9 Å². The number of benzene rings is 1. The highest BCUT2D eigenvalue weighted by molar-refractivity contribution is 14.0. The Hall–Kier alpha value is -1.46. The zero-order chi connectivity index (χ0) is 20.5. The molecule has 0 aliphatic carbocycles. The number of amides is 1. The third kappa shape index (κ3) is 8.43. The van der Waals surface area contributed by atoms with Crippen LogP contribution in [0.4, 0.5) is 4.39 Å². The maximum atomic E-state index is 13.5. The van der Waals surface area contributed by atoms with E-state index >= 15 is 0 Å². The number of hydrogen-bond donors (Lipinski definition) is 3. The molecule has 1 aliphatic heterocycles. The second-order valence-electron chi connectivity index (χ2n) is 7.24. The zero-order valence-corrected chi connectivity index (χ0v) is 19.8. The van der Waals surface area contributed by atoms with Crippen molar-refractivity contribution in [1.29, 1.82) is 0 Å². The molecule has 0 bridgehead atoms. The van der Waals surface area contributed by atoms with Crippen molar-refractivity contribution in [1.82, 2.24) is 20.4 Å². The molecule has 2 rings (SSSR count). The number of piperazine rings is 1. The summed E-state index contributed by atoms with van der Waals surface area (Å²) in [4.78, 5) is 20.9. The molecule has 0 saturated carbocycles. The van der Waals surface area contributed by atoms with Crippen LogP contribution < -0.4 is 10.6 Å². The van der Waals surface area contributed by atoms with Gasteiger partial charge in [0, 0.05) is 44.3 Å². The minimum Gasteiger partial charge on any atom is -0.392 e. The van der Waals surface area contributed by atoms with Gasteiger partial charge in [-0.05, 0) is 38.5 Å². The lowest BCUT2D eigenvalue weighted by Crippen LogP contribution is -2.54. The monoisotopic (exact) mass is 521 g/mol. The number of guanidine groups is 1. The Morgan fingerprint density at radius 3 is 2.55 bits per heavy atom. The van der Waals surface area contributed by atoms with Gasteiger partial charge in [-0.25, -0.2) is 9.38 Å². The Bertz CT molecular complexity index is 679. The molecule has 1 aliphatic rings. The topological polar surface area (TPSA) is 80.2 Å². The number of rotatable bonds is 7. The molecule has 0 radical (unpaired) electrons. The van der Waals surface area contributed by atoms with Gasteiger partial charge in [-0.2, -0.15) is 0 Å². The van der Waals surface area contributed by atoms with Gasteiger partial charge in [0.1, 0.15) is 5.82 Å². The van der Waals surface area contributed by atoms with E-state index in [2.05, 4.69) is 25.4 Å². The van der Waals surface area contributed by atoms with Crippen LogP contribution in [0.25, 0.3) is 0 Å². The number of aliphatic imine (C=N–C) groups is 1. The molecule has 3 N–H and O–H groups in total. The van der Waals surface area contributed by atoms with Crippen LogP contribution in [0, 0.1) is 5.82 Å². The number of carbonyl (C=O) groups excluding carboxylic acids is 1. The van der Waals surface area contributed by atoms with Crippen LogP contribution in [0.5, 0.6) is 0 Å². The summed E-state index contributed by atoms with van der Waals surface area (Å²) in [6.45, 7) is 10.3. The SMILES string of the molecule is CCNC(=NCc1ccc(F)c(CO)c1)N1CCN(CC(=O)NC(C)C)CC1.I. The predicted molar refractivity (Wildman–Crippen MR) is 124 cm³/mol. The number of carbonyl (C=O) groups is 1. The fraction of sp³-hybridized carbons (Fsp3) is 0.600. The van der Waals surface area contributed by atoms with Crippen molar-refractivity contribution in [2.24, 2.45) is 4.99 Å². The highest BCUT2D eigenvalue weighted by atomic mass is 127. The Balaban J connectivity index is 0.00000420. The van der Waals surface area contributed by atoms with E-state index in [1.54, 1.807) is 12.1 Å². The fourth-order valence-electron chi connectivity index (χ4n) is 3.13. The summed E-state index contributed by atoms with van der Waals surface area (Å²) in [6, 6.07) is 4.85. The number of nitrogens with zero attached hydrogens (tertiary/aromatic N) is 3. The van der Waals surface area contributed by atoms with Crippen LogP contribution in [0.2, 0.25) is 0 Å². The minimum atomic E-state index is -0.403. The zero-order valence-electron chi connectivity index (χ0n) is 17.4. The Labute approximate surface area is 189 Å². The van der Waals surface area contributed by atoms with Crippen molar-refractivity contribution in [3.8, 4) is 0 Å². The van der Waals surface area contributed by atoms with E-state index in [0.717, 1.165) is 44.2 Å². The van der Waals surface area contributed by atoms with Gasteiger partial charge in [0.25, 0.3) is 0 Å². The summed E-state index contributed by atoms with van der Waals surface area (Å²) in [5.74, 6) is 0.462. The van der Waals surface area contributed by atoms with Gasteiger partial charge in [0.2, 0.25) is 5.91 Å². The van der Waals surface area contributed by atoms with Gasteiger partial charge in [0.15, 0.2) is 5.96 Å². The highest BCUT2D eigenvalue weighted by Gasteiger charge is 2.21. The summed E-state index contributed by atoms with van der Waals surface area (Å²) in [5, 5.41) is 15.4. The molecule has 1 fully saturated rings. The Morgan fingerprint density at radius 2 is 1.97 bits per heavy atom. The molecule has 29 heavy (non-hydrogen) atoms. The lowest BCUT2D eigenvalue weighted by Gasteiger charge is -2.36. The van der Waals surface area contributed by atoms with Crippen molar-refractivity contribution in [3.05, 3.63) is 35.1 Å². The maximum Gasteiger partial charge on any atom is 0.234 e. The normalized spacial score (nSPS) is 15.2. The van der Waals surface area contributed by atoms with E-state index in [1.807, 2.05) is 20.8 Å². The predicted octanol–water partition coefficient (Wildman–Crippen LogP) is 1.54. The van der Waals surface area contributed by atoms with E-state index in [9.17, 15) is 14.3 Å². The highest BCUT2D eigenvalue weighted by Crippen LogP contribution is 2.12. The molecule has 1 amide bonds. The summed E-state index contributed by atoms with van der Waals surface area (Å²) in [7, 11) is 0. The second-order valence-corrected chi connectivity index (χ2v) is 7.24. The number of nitrogens with one attached hydrogen (secondary N) is 2. The van der Waals surface area contributed by atoms with E-state index in [4.69, 9.17) is 0 Å². The Morgan fingerprint density at radius 1 is 1.28 bits per heavy atom. The first kappa shape index (κ1) is 25.6. The molecular weight excluding hydrogens is 488 g/mol. The van der Waals surface area contributed by atoms with E-state index < -0.39 is 5.82 Å². The summed E-state index contributed by atoms with van der Waals surface area (Å²) >= 11 is 0. The number of aliphatic hydroxyl groups is 1. The Kier molecular flexibility index (Phi) is 11.4. The lowest BCUT2D eigenvalue weighted by molar-refractivity contribution is -0.123. The van der Waals surface area contributed by atoms with Crippen LogP contribution in [0.1, 0.15) is 31.9 Å². The summed E-state index contributed by atoms with van der Waals surface area (Å²) < 4.78 is 13.5. The van der Waals surface area contributed by atoms with Crippen molar-refractivity contribution >= 4 is 35.8 Å². The van der Waals surface area contributed by atoms with Gasteiger partial charge in [-0.15, -0.1) is 24.0 Å². The average Bonchev–Trinajstić information content (AvgIpc) is 2.66. The third-order valence-corrected chi connectivity index (χ3v) is 4.52. The number of aliphatic hydroxyl groups excluding tert-OH is 1. The van der Waals surface area contributed by atoms with E-state index in [0.29, 0.717) is 13.1 Å². The molecule has 0 aromatic heterocycles. The molecule has 0 spiro atoms. The standard InChI is InChI=1S/C20H32FN5O2.HI/c1-4-22-20(23-12-16-5-6-18(21)17(11-16)14-27)26-9-7-25(8-10-26)13-19(28)24-15(2)3;/h5-6,11,15,27H,4,7-10,12-14H2,1-3H3,(H,22,23)(H,24,28);1H. The van der Waals surface area contributed by atoms with Crippen molar-refractivity contribution in [2.45, 2.75) is 40.0 Å². The minimum absolute atomic E-state index is 0. The molecule has 9 heteroatoms. The summed E-state index contributed by atoms with van der Waals surface area (Å²) in [5.41, 5.74) is 1.14. The van der Waals surface area contributed by atoms with Gasteiger partial charge in [-0.1, -0.05) is 6.07 Å². The largest absolute Gasteiger partial charge is 0.392 e. The van der Waals surface area contributed by atoms with Crippen molar-refractivity contribution in [3.63, 3.8) is 0 Å². The molecule has 1 aromatic carbocycles. The first-order valence-electron chi connectivity index (χ1n) is 9.86. The van der Waals surface area contributed by atoms with Crippen LogP contribution >= 0.6 is 24.0 Å². The van der Waals surface area contributed by atoms with Gasteiger partial charge in [0.05, 0.1) is 19.7 Å². The van der Waals surface area contributed by atoms with Crippen LogP contribution in [0.15, 0.2) is 23.2 Å². The number of hydrogen-bond acceptors (Lipinski definition) is 4. The quantitative estimate of drug-likeness (QED) is 0.288. The van der Waals surface area contributed by atoms with Crippen LogP contribution in [-0.4, -0.2) is 72.1 Å². The molecular formula is C20H33FIN5O2. The first-order chi connectivity index (χ1) is 13.4. The van der Waals surface area contributed by atoms with Crippen LogP contribution in [0.3, 0.4) is 0 Å². The first-order valence-corrected chi connectivity index (χ1v) is 9.86.